The van der Waals surface area contributed by atoms with E-state index < -0.39 is 0 Å². The average molecular weight is 280 g/mol. The zero-order chi connectivity index (χ0) is 14.0. The Balaban J connectivity index is 2.05. The zero-order valence-corrected chi connectivity index (χ0v) is 11.4. The average Bonchev–Trinajstić information content (AvgIpc) is 2.62. The number of carbonyl (C=O) groups is 1. The quantitative estimate of drug-likeness (QED) is 0.839. The van der Waals surface area contributed by atoms with E-state index in [1.54, 1.807) is 36.7 Å². The van der Waals surface area contributed by atoms with Gasteiger partial charge in [-0.25, -0.2) is 9.67 Å². The van der Waals surface area contributed by atoms with E-state index >= 15 is 0 Å². The van der Waals surface area contributed by atoms with E-state index in [2.05, 4.69) is 15.4 Å². The van der Waals surface area contributed by atoms with Crippen LogP contribution in [0.25, 0.3) is 0 Å². The summed E-state index contributed by atoms with van der Waals surface area (Å²) in [7, 11) is 0. The number of halogens is 1. The predicted octanol–water partition coefficient (Wildman–Crippen LogP) is 1.77. The van der Waals surface area contributed by atoms with E-state index in [1.165, 1.54) is 0 Å². The van der Waals surface area contributed by atoms with Crippen molar-refractivity contribution in [2.75, 3.05) is 11.1 Å². The van der Waals surface area contributed by atoms with Crippen molar-refractivity contribution in [2.45, 2.75) is 20.4 Å². The smallest absolute Gasteiger partial charge is 0.246 e. The molecule has 2 aromatic rings. The Kier molecular flexibility index (Phi) is 3.71. The summed E-state index contributed by atoms with van der Waals surface area (Å²) in [6.45, 7) is 3.68. The van der Waals surface area contributed by atoms with Crippen LogP contribution in [0.5, 0.6) is 0 Å². The second-order valence-electron chi connectivity index (χ2n) is 4.15. The topological polar surface area (TPSA) is 85.8 Å². The highest BCUT2D eigenvalue weighted by molar-refractivity contribution is 6.33. The first-order chi connectivity index (χ1) is 8.95. The number of aryl methyl sites for hydroxylation is 2. The van der Waals surface area contributed by atoms with Crippen molar-refractivity contribution in [3.05, 3.63) is 34.9 Å². The van der Waals surface area contributed by atoms with E-state index in [-0.39, 0.29) is 12.5 Å². The minimum atomic E-state index is -0.199. The summed E-state index contributed by atoms with van der Waals surface area (Å²) in [5.41, 5.74) is 6.69. The van der Waals surface area contributed by atoms with Crippen molar-refractivity contribution in [1.82, 2.24) is 14.8 Å². The fraction of sp³-hybridized carbons (Fsp3) is 0.250. The number of hydrogen-bond donors (Lipinski definition) is 2. The number of carbonyl (C=O) groups excluding carboxylic acids is 1. The second-order valence-corrected chi connectivity index (χ2v) is 4.56. The van der Waals surface area contributed by atoms with E-state index in [9.17, 15) is 4.79 Å². The molecule has 0 spiro atoms. The monoisotopic (exact) mass is 279 g/mol. The standard InChI is InChI=1S/C12H14ClN5O/c1-7-15-8(2)18(17-7)6-12(19)16-9-3-4-10(13)11(14)5-9/h3-5H,6,14H2,1-2H3,(H,16,19). The van der Waals surface area contributed by atoms with Gasteiger partial charge < -0.3 is 11.1 Å². The lowest BCUT2D eigenvalue weighted by Gasteiger charge is -2.07. The van der Waals surface area contributed by atoms with Gasteiger partial charge in [0.25, 0.3) is 0 Å². The van der Waals surface area contributed by atoms with Crippen molar-refractivity contribution in [3.8, 4) is 0 Å². The number of nitrogens with one attached hydrogen (secondary N) is 1. The van der Waals surface area contributed by atoms with Gasteiger partial charge in [0.1, 0.15) is 18.2 Å². The summed E-state index contributed by atoms with van der Waals surface area (Å²) in [6, 6.07) is 4.94. The van der Waals surface area contributed by atoms with Crippen LogP contribution in [0, 0.1) is 13.8 Å². The second kappa shape index (κ2) is 5.27. The lowest BCUT2D eigenvalue weighted by molar-refractivity contribution is -0.116. The fourth-order valence-electron chi connectivity index (χ4n) is 1.67. The van der Waals surface area contributed by atoms with Gasteiger partial charge in [0, 0.05) is 5.69 Å². The highest BCUT2D eigenvalue weighted by atomic mass is 35.5. The normalized spacial score (nSPS) is 10.5. The molecule has 0 aliphatic carbocycles. The van der Waals surface area contributed by atoms with Crippen molar-refractivity contribution in [1.29, 1.82) is 0 Å². The molecule has 1 aromatic carbocycles. The molecule has 6 nitrogen and oxygen atoms in total. The molecule has 0 aliphatic rings. The molecule has 0 radical (unpaired) electrons. The van der Waals surface area contributed by atoms with Gasteiger partial charge in [-0.15, -0.1) is 0 Å². The SMILES string of the molecule is Cc1nc(C)n(CC(=O)Nc2ccc(Cl)c(N)c2)n1. The Bertz CT molecular complexity index is 623. The van der Waals surface area contributed by atoms with E-state index in [0.717, 1.165) is 0 Å². The molecule has 3 N–H and O–H groups in total. The van der Waals surface area contributed by atoms with Crippen LogP contribution in [0.1, 0.15) is 11.6 Å². The molecule has 0 atom stereocenters. The molecule has 0 fully saturated rings. The van der Waals surface area contributed by atoms with Crippen molar-refractivity contribution >= 4 is 28.9 Å². The zero-order valence-electron chi connectivity index (χ0n) is 10.6. The lowest BCUT2D eigenvalue weighted by atomic mass is 10.3. The minimum Gasteiger partial charge on any atom is -0.397 e. The molecule has 0 aliphatic heterocycles. The molecule has 1 aromatic heterocycles. The summed E-state index contributed by atoms with van der Waals surface area (Å²) in [6.07, 6.45) is 0. The molecular weight excluding hydrogens is 266 g/mol. The molecule has 1 heterocycles. The molecule has 0 unspecified atom stereocenters. The van der Waals surface area contributed by atoms with Crippen molar-refractivity contribution < 1.29 is 4.79 Å². The number of nitrogens with two attached hydrogens (primary N) is 1. The molecule has 19 heavy (non-hydrogen) atoms. The third-order valence-corrected chi connectivity index (χ3v) is 2.88. The van der Waals surface area contributed by atoms with Gasteiger partial charge >= 0.3 is 0 Å². The molecule has 1 amide bonds. The summed E-state index contributed by atoms with van der Waals surface area (Å²) in [5, 5.41) is 7.31. The third-order valence-electron chi connectivity index (χ3n) is 2.54. The van der Waals surface area contributed by atoms with Crippen molar-refractivity contribution in [3.63, 3.8) is 0 Å². The first-order valence-corrected chi connectivity index (χ1v) is 6.06. The maximum absolute atomic E-state index is 11.9. The van der Waals surface area contributed by atoms with Gasteiger partial charge in [0.15, 0.2) is 0 Å². The first kappa shape index (κ1) is 13.4. The Morgan fingerprint density at radius 1 is 1.47 bits per heavy atom. The van der Waals surface area contributed by atoms with Gasteiger partial charge in [-0.1, -0.05) is 11.6 Å². The first-order valence-electron chi connectivity index (χ1n) is 5.68. The maximum atomic E-state index is 11.9. The molecule has 0 saturated heterocycles. The van der Waals surface area contributed by atoms with Crippen molar-refractivity contribution in [2.24, 2.45) is 0 Å². The summed E-state index contributed by atoms with van der Waals surface area (Å²) in [5.74, 6) is 1.14. The largest absolute Gasteiger partial charge is 0.397 e. The summed E-state index contributed by atoms with van der Waals surface area (Å²) < 4.78 is 1.55. The Morgan fingerprint density at radius 2 is 2.21 bits per heavy atom. The minimum absolute atomic E-state index is 0.106. The van der Waals surface area contributed by atoms with Crippen LogP contribution in [0.3, 0.4) is 0 Å². The summed E-state index contributed by atoms with van der Waals surface area (Å²) >= 11 is 5.81. The fourth-order valence-corrected chi connectivity index (χ4v) is 1.79. The Labute approximate surface area is 115 Å². The number of aromatic nitrogens is 3. The maximum Gasteiger partial charge on any atom is 0.246 e. The van der Waals surface area contributed by atoms with Crippen LogP contribution in [0.4, 0.5) is 11.4 Å². The van der Waals surface area contributed by atoms with Crippen LogP contribution in [0.2, 0.25) is 5.02 Å². The van der Waals surface area contributed by atoms with Crippen LogP contribution < -0.4 is 11.1 Å². The molecular formula is C12H14ClN5O. The van der Waals surface area contributed by atoms with Crippen LogP contribution in [-0.2, 0) is 11.3 Å². The summed E-state index contributed by atoms with van der Waals surface area (Å²) in [4.78, 5) is 16.0. The Hall–Kier alpha value is -2.08. The molecule has 0 saturated carbocycles. The third kappa shape index (κ3) is 3.23. The highest BCUT2D eigenvalue weighted by Crippen LogP contribution is 2.22. The van der Waals surface area contributed by atoms with E-state index in [0.29, 0.717) is 28.0 Å². The molecule has 0 bridgehead atoms. The lowest BCUT2D eigenvalue weighted by Crippen LogP contribution is -2.20. The van der Waals surface area contributed by atoms with Crippen LogP contribution in [-0.4, -0.2) is 20.7 Å². The predicted molar refractivity (Wildman–Crippen MR) is 74.0 cm³/mol. The number of nitrogens with zero attached hydrogens (tertiary/aromatic N) is 3. The molecule has 7 heteroatoms. The number of anilines is 2. The number of amides is 1. The van der Waals surface area contributed by atoms with Crippen LogP contribution in [0.15, 0.2) is 18.2 Å². The van der Waals surface area contributed by atoms with Crippen LogP contribution >= 0.6 is 11.6 Å². The number of benzene rings is 1. The van der Waals surface area contributed by atoms with Gasteiger partial charge in [-0.2, -0.15) is 5.10 Å². The number of nitrogen functional groups attached to an aromatic ring is 1. The van der Waals surface area contributed by atoms with E-state index in [4.69, 9.17) is 17.3 Å². The highest BCUT2D eigenvalue weighted by Gasteiger charge is 2.09. The molecule has 100 valence electrons. The van der Waals surface area contributed by atoms with Gasteiger partial charge in [0.05, 0.1) is 10.7 Å². The Morgan fingerprint density at radius 3 is 2.79 bits per heavy atom. The van der Waals surface area contributed by atoms with E-state index in [1.807, 2.05) is 0 Å². The van der Waals surface area contributed by atoms with Gasteiger partial charge in [0.2, 0.25) is 5.91 Å². The number of rotatable bonds is 3. The number of hydrogen-bond acceptors (Lipinski definition) is 4. The van der Waals surface area contributed by atoms with Gasteiger partial charge in [-0.05, 0) is 32.0 Å². The van der Waals surface area contributed by atoms with Gasteiger partial charge in [-0.3, -0.25) is 4.79 Å². The molecule has 2 rings (SSSR count).